The fraction of sp³-hybridized carbons (Fsp3) is 0.348. The van der Waals surface area contributed by atoms with Crippen LogP contribution in [0.5, 0.6) is 17.2 Å². The first-order chi connectivity index (χ1) is 15.3. The van der Waals surface area contributed by atoms with Gasteiger partial charge in [0.1, 0.15) is 6.61 Å². The molecular weight excluding hydrogens is 416 g/mol. The second-order valence-corrected chi connectivity index (χ2v) is 6.94. The van der Waals surface area contributed by atoms with E-state index in [-0.39, 0.29) is 48.5 Å². The number of hydrogen-bond acceptors (Lipinski definition) is 7. The lowest BCUT2D eigenvalue weighted by Crippen LogP contribution is -2.28. The number of aryl methyl sites for hydroxylation is 2. The van der Waals surface area contributed by atoms with Crippen LogP contribution in [0.25, 0.3) is 0 Å². The van der Waals surface area contributed by atoms with Gasteiger partial charge in [0.05, 0.1) is 26.3 Å². The number of ether oxygens (including phenoxy) is 4. The van der Waals surface area contributed by atoms with Crippen LogP contribution in [0.4, 0.5) is 0 Å². The predicted octanol–water partition coefficient (Wildman–Crippen LogP) is 1.78. The van der Waals surface area contributed by atoms with Gasteiger partial charge in [0.15, 0.2) is 18.1 Å². The normalized spacial score (nSPS) is 10.2. The third-order valence-electron chi connectivity index (χ3n) is 4.47. The smallest absolute Gasteiger partial charge is 0.338 e. The third-order valence-corrected chi connectivity index (χ3v) is 4.47. The van der Waals surface area contributed by atoms with Gasteiger partial charge >= 0.3 is 5.97 Å². The van der Waals surface area contributed by atoms with Crippen molar-refractivity contribution < 1.29 is 33.3 Å². The number of rotatable bonds is 12. The summed E-state index contributed by atoms with van der Waals surface area (Å²) in [4.78, 5) is 35.3. The molecule has 2 aromatic carbocycles. The second kappa shape index (κ2) is 12.2. The molecule has 0 spiro atoms. The molecule has 0 aliphatic carbocycles. The maximum Gasteiger partial charge on any atom is 0.338 e. The number of hydrogen-bond donors (Lipinski definition) is 2. The van der Waals surface area contributed by atoms with E-state index in [1.807, 2.05) is 31.2 Å². The minimum absolute atomic E-state index is 0.000335. The van der Waals surface area contributed by atoms with Crippen molar-refractivity contribution in [2.45, 2.75) is 19.8 Å². The highest BCUT2D eigenvalue weighted by atomic mass is 16.5. The Morgan fingerprint density at radius 1 is 1.00 bits per heavy atom. The maximum absolute atomic E-state index is 12.4. The molecule has 9 nitrogen and oxygen atoms in total. The Kier molecular flexibility index (Phi) is 9.34. The summed E-state index contributed by atoms with van der Waals surface area (Å²) >= 11 is 0. The Bertz CT molecular complexity index is 917. The SMILES string of the molecule is COc1cc(C(=O)OCCNC(=O)CCc2ccc(C)cc2)cc(OC)c1OCC(N)=O. The van der Waals surface area contributed by atoms with Gasteiger partial charge in [-0.25, -0.2) is 4.79 Å². The molecule has 9 heteroatoms. The molecule has 3 N–H and O–H groups in total. The van der Waals surface area contributed by atoms with E-state index in [1.54, 1.807) is 0 Å². The topological polar surface area (TPSA) is 126 Å². The van der Waals surface area contributed by atoms with Crippen molar-refractivity contribution >= 4 is 17.8 Å². The molecule has 0 saturated heterocycles. The highest BCUT2D eigenvalue weighted by molar-refractivity contribution is 5.91. The number of carbonyl (C=O) groups excluding carboxylic acids is 3. The Balaban J connectivity index is 1.84. The molecule has 0 aliphatic rings. The maximum atomic E-state index is 12.4. The molecule has 2 amide bonds. The van der Waals surface area contributed by atoms with Crippen molar-refractivity contribution in [1.29, 1.82) is 0 Å². The molecule has 0 atom stereocenters. The fourth-order valence-corrected chi connectivity index (χ4v) is 2.80. The van der Waals surface area contributed by atoms with Crippen LogP contribution in [-0.4, -0.2) is 51.8 Å². The lowest BCUT2D eigenvalue weighted by atomic mass is 10.1. The minimum atomic E-state index is -0.668. The molecule has 172 valence electrons. The zero-order chi connectivity index (χ0) is 23.5. The second-order valence-electron chi connectivity index (χ2n) is 6.94. The molecule has 32 heavy (non-hydrogen) atoms. The molecule has 0 aromatic heterocycles. The highest BCUT2D eigenvalue weighted by Gasteiger charge is 2.19. The Morgan fingerprint density at radius 2 is 1.62 bits per heavy atom. The highest BCUT2D eigenvalue weighted by Crippen LogP contribution is 2.38. The lowest BCUT2D eigenvalue weighted by Gasteiger charge is -2.15. The summed E-state index contributed by atoms with van der Waals surface area (Å²) < 4.78 is 21.0. The van der Waals surface area contributed by atoms with E-state index in [0.29, 0.717) is 12.8 Å². The zero-order valence-corrected chi connectivity index (χ0v) is 18.4. The summed E-state index contributed by atoms with van der Waals surface area (Å²) in [6.45, 7) is 1.82. The largest absolute Gasteiger partial charge is 0.493 e. The van der Waals surface area contributed by atoms with Gasteiger partial charge in [0, 0.05) is 6.42 Å². The van der Waals surface area contributed by atoms with E-state index < -0.39 is 11.9 Å². The van der Waals surface area contributed by atoms with Gasteiger partial charge in [-0.1, -0.05) is 29.8 Å². The van der Waals surface area contributed by atoms with Crippen LogP contribution >= 0.6 is 0 Å². The number of primary amides is 1. The number of nitrogens with one attached hydrogen (secondary N) is 1. The zero-order valence-electron chi connectivity index (χ0n) is 18.4. The Morgan fingerprint density at radius 3 is 2.19 bits per heavy atom. The van der Waals surface area contributed by atoms with E-state index >= 15 is 0 Å². The van der Waals surface area contributed by atoms with Gasteiger partial charge in [0.25, 0.3) is 5.91 Å². The van der Waals surface area contributed by atoms with Gasteiger partial charge in [-0.2, -0.15) is 0 Å². The van der Waals surface area contributed by atoms with Crippen molar-refractivity contribution in [2.24, 2.45) is 5.73 Å². The first kappa shape index (κ1) is 24.5. The van der Waals surface area contributed by atoms with Gasteiger partial charge < -0.3 is 30.0 Å². The van der Waals surface area contributed by atoms with Gasteiger partial charge in [-0.05, 0) is 31.0 Å². The summed E-state index contributed by atoms with van der Waals surface area (Å²) in [7, 11) is 2.76. The van der Waals surface area contributed by atoms with Crippen molar-refractivity contribution in [2.75, 3.05) is 34.0 Å². The molecule has 0 aliphatic heterocycles. The van der Waals surface area contributed by atoms with Crippen LogP contribution in [-0.2, 0) is 20.7 Å². The summed E-state index contributed by atoms with van der Waals surface area (Å²) in [5.41, 5.74) is 7.51. The number of esters is 1. The Hall–Kier alpha value is -3.75. The standard InChI is InChI=1S/C23H28N2O7/c1-15-4-6-16(7-5-15)8-9-21(27)25-10-11-31-23(28)17-12-18(29-2)22(19(13-17)30-3)32-14-20(24)26/h4-7,12-13H,8-11,14H2,1-3H3,(H2,24,26)(H,25,27). The van der Waals surface area contributed by atoms with Crippen molar-refractivity contribution in [3.8, 4) is 17.2 Å². The van der Waals surface area contributed by atoms with Crippen LogP contribution < -0.4 is 25.3 Å². The fourth-order valence-electron chi connectivity index (χ4n) is 2.80. The number of carbonyl (C=O) groups is 3. The first-order valence-electron chi connectivity index (χ1n) is 10.0. The van der Waals surface area contributed by atoms with Crippen LogP contribution in [0.1, 0.15) is 27.9 Å². The van der Waals surface area contributed by atoms with Crippen LogP contribution in [0.3, 0.4) is 0 Å². The number of benzene rings is 2. The molecule has 2 aromatic rings. The number of amides is 2. The third kappa shape index (κ3) is 7.50. The van der Waals surface area contributed by atoms with Crippen LogP contribution in [0, 0.1) is 6.92 Å². The quantitative estimate of drug-likeness (QED) is 0.377. The first-order valence-corrected chi connectivity index (χ1v) is 10.0. The van der Waals surface area contributed by atoms with E-state index in [0.717, 1.165) is 5.56 Å². The Labute approximate surface area is 186 Å². The van der Waals surface area contributed by atoms with Gasteiger partial charge in [-0.15, -0.1) is 0 Å². The summed E-state index contributed by atoms with van der Waals surface area (Å²) in [6.07, 6.45) is 0.980. The molecular formula is C23H28N2O7. The average molecular weight is 444 g/mol. The monoisotopic (exact) mass is 444 g/mol. The van der Waals surface area contributed by atoms with E-state index in [4.69, 9.17) is 24.7 Å². The molecule has 0 bridgehead atoms. The molecule has 0 heterocycles. The molecule has 0 unspecified atom stereocenters. The molecule has 0 radical (unpaired) electrons. The van der Waals surface area contributed by atoms with Crippen LogP contribution in [0.15, 0.2) is 36.4 Å². The van der Waals surface area contributed by atoms with Gasteiger partial charge in [-0.3, -0.25) is 9.59 Å². The van der Waals surface area contributed by atoms with Crippen molar-refractivity contribution in [3.05, 3.63) is 53.1 Å². The summed E-state index contributed by atoms with van der Waals surface area (Å²) in [6, 6.07) is 10.8. The van der Waals surface area contributed by atoms with Crippen molar-refractivity contribution in [1.82, 2.24) is 5.32 Å². The predicted molar refractivity (Wildman–Crippen MR) is 117 cm³/mol. The van der Waals surface area contributed by atoms with E-state index in [9.17, 15) is 14.4 Å². The van der Waals surface area contributed by atoms with Gasteiger partial charge in [0.2, 0.25) is 11.7 Å². The number of methoxy groups -OCH3 is 2. The lowest BCUT2D eigenvalue weighted by molar-refractivity contribution is -0.121. The van der Waals surface area contributed by atoms with Crippen molar-refractivity contribution in [3.63, 3.8) is 0 Å². The summed E-state index contributed by atoms with van der Waals surface area (Å²) in [5.74, 6) is -0.911. The van der Waals surface area contributed by atoms with E-state index in [1.165, 1.54) is 31.9 Å². The minimum Gasteiger partial charge on any atom is -0.493 e. The molecule has 0 saturated carbocycles. The number of nitrogens with two attached hydrogens (primary N) is 1. The summed E-state index contributed by atoms with van der Waals surface area (Å²) in [5, 5.41) is 2.72. The van der Waals surface area contributed by atoms with Crippen LogP contribution in [0.2, 0.25) is 0 Å². The molecule has 2 rings (SSSR count). The average Bonchev–Trinajstić information content (AvgIpc) is 2.79. The molecule has 0 fully saturated rings. The van der Waals surface area contributed by atoms with E-state index in [2.05, 4.69) is 5.32 Å².